The molecular weight excluding hydrogens is 325 g/mol. The average molecular weight is 347 g/mol. The molecule has 1 heterocycles. The van der Waals surface area contributed by atoms with E-state index in [9.17, 15) is 0 Å². The molecule has 96 valence electrons. The van der Waals surface area contributed by atoms with Crippen LogP contribution in [0.3, 0.4) is 0 Å². The zero-order chi connectivity index (χ0) is 13.0. The average Bonchev–Trinajstić information content (AvgIpc) is 2.30. The third-order valence-corrected chi connectivity index (χ3v) is 3.96. The molecule has 17 heavy (non-hydrogen) atoms. The third kappa shape index (κ3) is 3.79. The molecule has 0 radical (unpaired) electrons. The molecule has 0 fully saturated rings. The standard InChI is InChI=1S/C13H22IN3/c1-6-9(4)12-16-10(7-8(2)3)11(14)13(15-5)17-12/h8-9H,6-7H2,1-5H3,(H,15,16,17). The maximum Gasteiger partial charge on any atom is 0.143 e. The van der Waals surface area contributed by atoms with Crippen LogP contribution in [0.4, 0.5) is 5.82 Å². The first-order valence-corrected chi connectivity index (χ1v) is 7.31. The van der Waals surface area contributed by atoms with Crippen molar-refractivity contribution in [1.29, 1.82) is 0 Å². The zero-order valence-corrected chi connectivity index (χ0v) is 13.5. The van der Waals surface area contributed by atoms with Crippen molar-refractivity contribution in [3.63, 3.8) is 0 Å². The van der Waals surface area contributed by atoms with Crippen molar-refractivity contribution in [2.24, 2.45) is 5.92 Å². The molecule has 1 rings (SSSR count). The van der Waals surface area contributed by atoms with Gasteiger partial charge < -0.3 is 5.32 Å². The number of hydrogen-bond acceptors (Lipinski definition) is 3. The van der Waals surface area contributed by atoms with E-state index in [2.05, 4.69) is 60.6 Å². The fraction of sp³-hybridized carbons (Fsp3) is 0.692. The van der Waals surface area contributed by atoms with Gasteiger partial charge in [0.25, 0.3) is 0 Å². The Morgan fingerprint density at radius 2 is 1.88 bits per heavy atom. The van der Waals surface area contributed by atoms with Gasteiger partial charge >= 0.3 is 0 Å². The summed E-state index contributed by atoms with van der Waals surface area (Å²) in [6.45, 7) is 8.80. The van der Waals surface area contributed by atoms with Gasteiger partial charge in [0.05, 0.1) is 9.26 Å². The van der Waals surface area contributed by atoms with E-state index in [0.29, 0.717) is 11.8 Å². The lowest BCUT2D eigenvalue weighted by Gasteiger charge is -2.15. The fourth-order valence-corrected chi connectivity index (χ4v) is 2.33. The Balaban J connectivity index is 3.18. The first kappa shape index (κ1) is 14.7. The van der Waals surface area contributed by atoms with Gasteiger partial charge in [0, 0.05) is 13.0 Å². The first-order valence-electron chi connectivity index (χ1n) is 6.23. The highest BCUT2D eigenvalue weighted by Gasteiger charge is 2.15. The molecule has 0 spiro atoms. The van der Waals surface area contributed by atoms with Crippen molar-refractivity contribution in [1.82, 2.24) is 9.97 Å². The second-order valence-corrected chi connectivity index (χ2v) is 5.93. The van der Waals surface area contributed by atoms with Crippen molar-refractivity contribution < 1.29 is 0 Å². The molecule has 3 nitrogen and oxygen atoms in total. The maximum absolute atomic E-state index is 4.73. The van der Waals surface area contributed by atoms with Gasteiger partial charge in [-0.2, -0.15) is 0 Å². The highest BCUT2D eigenvalue weighted by molar-refractivity contribution is 14.1. The highest BCUT2D eigenvalue weighted by atomic mass is 127. The van der Waals surface area contributed by atoms with Crippen LogP contribution in [0.5, 0.6) is 0 Å². The summed E-state index contributed by atoms with van der Waals surface area (Å²) >= 11 is 2.34. The summed E-state index contributed by atoms with van der Waals surface area (Å²) in [6, 6.07) is 0. The minimum absolute atomic E-state index is 0.421. The van der Waals surface area contributed by atoms with Crippen molar-refractivity contribution in [2.45, 2.75) is 46.5 Å². The number of nitrogens with one attached hydrogen (secondary N) is 1. The van der Waals surface area contributed by atoms with Crippen LogP contribution in [0.2, 0.25) is 0 Å². The van der Waals surface area contributed by atoms with Crippen LogP contribution in [0.25, 0.3) is 0 Å². The SMILES string of the molecule is CCC(C)c1nc(CC(C)C)c(I)c(NC)n1. The minimum Gasteiger partial charge on any atom is -0.372 e. The summed E-state index contributed by atoms with van der Waals surface area (Å²) in [5, 5.41) is 3.17. The van der Waals surface area contributed by atoms with E-state index in [1.165, 1.54) is 5.69 Å². The predicted octanol–water partition coefficient (Wildman–Crippen LogP) is 3.83. The molecule has 0 aromatic carbocycles. The summed E-state index contributed by atoms with van der Waals surface area (Å²) in [4.78, 5) is 9.33. The summed E-state index contributed by atoms with van der Waals surface area (Å²) in [5.74, 6) is 2.97. The van der Waals surface area contributed by atoms with E-state index in [1.54, 1.807) is 0 Å². The summed E-state index contributed by atoms with van der Waals surface area (Å²) in [7, 11) is 1.92. The van der Waals surface area contributed by atoms with Crippen LogP contribution < -0.4 is 5.32 Å². The lowest BCUT2D eigenvalue weighted by molar-refractivity contribution is 0.614. The van der Waals surface area contributed by atoms with Crippen LogP contribution in [0.1, 0.15) is 51.6 Å². The molecule has 0 aliphatic heterocycles. The Morgan fingerprint density at radius 3 is 2.35 bits per heavy atom. The van der Waals surface area contributed by atoms with Gasteiger partial charge in [0.2, 0.25) is 0 Å². The fourth-order valence-electron chi connectivity index (χ4n) is 1.60. The third-order valence-electron chi connectivity index (χ3n) is 2.83. The molecule has 1 N–H and O–H groups in total. The van der Waals surface area contributed by atoms with Gasteiger partial charge in [-0.05, 0) is 41.4 Å². The molecule has 0 amide bonds. The van der Waals surface area contributed by atoms with Gasteiger partial charge in [-0.15, -0.1) is 0 Å². The Hall–Kier alpha value is -0.390. The van der Waals surface area contributed by atoms with Crippen molar-refractivity contribution in [3.8, 4) is 0 Å². The maximum atomic E-state index is 4.73. The van der Waals surface area contributed by atoms with Crippen LogP contribution in [0.15, 0.2) is 0 Å². The number of anilines is 1. The van der Waals surface area contributed by atoms with E-state index >= 15 is 0 Å². The van der Waals surface area contributed by atoms with Gasteiger partial charge in [0.15, 0.2) is 0 Å². The van der Waals surface area contributed by atoms with E-state index in [0.717, 1.165) is 28.1 Å². The highest BCUT2D eigenvalue weighted by Crippen LogP contribution is 2.24. The largest absolute Gasteiger partial charge is 0.372 e. The summed E-state index contributed by atoms with van der Waals surface area (Å²) < 4.78 is 1.16. The van der Waals surface area contributed by atoms with Gasteiger partial charge in [-0.3, -0.25) is 0 Å². The minimum atomic E-state index is 0.421. The number of nitrogens with zero attached hydrogens (tertiary/aromatic N) is 2. The van der Waals surface area contributed by atoms with E-state index in [1.807, 2.05) is 7.05 Å². The molecule has 0 aliphatic rings. The Kier molecular flexibility index (Phi) is 5.62. The normalized spacial score (nSPS) is 12.9. The van der Waals surface area contributed by atoms with Crippen molar-refractivity contribution >= 4 is 28.4 Å². The molecule has 0 saturated heterocycles. The second-order valence-electron chi connectivity index (χ2n) is 4.85. The van der Waals surface area contributed by atoms with Gasteiger partial charge in [0.1, 0.15) is 11.6 Å². The summed E-state index contributed by atoms with van der Waals surface area (Å²) in [6.07, 6.45) is 2.09. The monoisotopic (exact) mass is 347 g/mol. The van der Waals surface area contributed by atoms with E-state index in [4.69, 9.17) is 4.98 Å². The van der Waals surface area contributed by atoms with Gasteiger partial charge in [-0.25, -0.2) is 9.97 Å². The topological polar surface area (TPSA) is 37.8 Å². The molecule has 0 aliphatic carbocycles. The molecule has 0 saturated carbocycles. The molecule has 1 unspecified atom stereocenters. The lowest BCUT2D eigenvalue weighted by atomic mass is 10.1. The number of hydrogen-bond donors (Lipinski definition) is 1. The molecule has 1 aromatic rings. The Bertz CT molecular complexity index is 377. The number of halogens is 1. The molecule has 1 aromatic heterocycles. The molecular formula is C13H22IN3. The quantitative estimate of drug-likeness (QED) is 0.823. The zero-order valence-electron chi connectivity index (χ0n) is 11.3. The first-order chi connectivity index (χ1) is 7.99. The smallest absolute Gasteiger partial charge is 0.143 e. The van der Waals surface area contributed by atoms with E-state index < -0.39 is 0 Å². The molecule has 1 atom stereocenters. The molecule has 0 bridgehead atoms. The van der Waals surface area contributed by atoms with Gasteiger partial charge in [-0.1, -0.05) is 27.7 Å². The Morgan fingerprint density at radius 1 is 1.24 bits per heavy atom. The Labute approximate surface area is 118 Å². The number of aromatic nitrogens is 2. The van der Waals surface area contributed by atoms with Crippen LogP contribution in [-0.2, 0) is 6.42 Å². The van der Waals surface area contributed by atoms with Crippen LogP contribution >= 0.6 is 22.6 Å². The predicted molar refractivity (Wildman–Crippen MR) is 81.5 cm³/mol. The van der Waals surface area contributed by atoms with Crippen molar-refractivity contribution in [2.75, 3.05) is 12.4 Å². The lowest BCUT2D eigenvalue weighted by Crippen LogP contribution is -2.11. The van der Waals surface area contributed by atoms with Crippen molar-refractivity contribution in [3.05, 3.63) is 15.1 Å². The molecule has 4 heteroatoms. The van der Waals surface area contributed by atoms with Crippen LogP contribution in [-0.4, -0.2) is 17.0 Å². The number of rotatable bonds is 5. The van der Waals surface area contributed by atoms with E-state index in [-0.39, 0.29) is 0 Å². The van der Waals surface area contributed by atoms with Crippen LogP contribution in [0, 0.1) is 9.49 Å². The second kappa shape index (κ2) is 6.52. The summed E-state index contributed by atoms with van der Waals surface area (Å²) in [5.41, 5.74) is 1.18.